The van der Waals surface area contributed by atoms with Gasteiger partial charge in [0.15, 0.2) is 0 Å². The van der Waals surface area contributed by atoms with Gasteiger partial charge in [0, 0.05) is 25.3 Å². The molecule has 0 aliphatic carbocycles. The minimum Gasteiger partial charge on any atom is -0.350 e. The van der Waals surface area contributed by atoms with E-state index in [-0.39, 0.29) is 23.4 Å². The fourth-order valence-electron chi connectivity index (χ4n) is 2.57. The maximum Gasteiger partial charge on any atom is 0.254 e. The molecule has 1 saturated heterocycles. The van der Waals surface area contributed by atoms with E-state index >= 15 is 0 Å². The van der Waals surface area contributed by atoms with Crippen molar-refractivity contribution in [3.63, 3.8) is 0 Å². The van der Waals surface area contributed by atoms with Crippen molar-refractivity contribution in [2.75, 3.05) is 13.1 Å². The van der Waals surface area contributed by atoms with Crippen LogP contribution in [-0.2, 0) is 10.3 Å². The lowest BCUT2D eigenvalue weighted by Crippen LogP contribution is -2.42. The topological polar surface area (TPSA) is 67.2 Å². The first-order valence-corrected chi connectivity index (χ1v) is 7.59. The highest BCUT2D eigenvalue weighted by atomic mass is 16.2. The van der Waals surface area contributed by atoms with Crippen molar-refractivity contribution in [3.05, 3.63) is 30.6 Å². The number of nitrogens with one attached hydrogen (secondary N) is 1. The summed E-state index contributed by atoms with van der Waals surface area (Å²) in [5.74, 6) is -0.231. The number of hydrogen-bond acceptors (Lipinski definition) is 3. The molecule has 120 valence electrons. The second-order valence-electron chi connectivity index (χ2n) is 6.59. The summed E-state index contributed by atoms with van der Waals surface area (Å²) < 4.78 is 1.77. The zero-order valence-electron chi connectivity index (χ0n) is 13.5. The van der Waals surface area contributed by atoms with Gasteiger partial charge in [-0.2, -0.15) is 5.10 Å². The fourth-order valence-corrected chi connectivity index (χ4v) is 2.57. The van der Waals surface area contributed by atoms with Crippen molar-refractivity contribution < 1.29 is 9.59 Å². The second kappa shape index (κ2) is 6.34. The van der Waals surface area contributed by atoms with E-state index in [1.807, 2.05) is 20.8 Å². The number of aromatic nitrogens is 2. The molecule has 22 heavy (non-hydrogen) atoms. The van der Waals surface area contributed by atoms with E-state index in [2.05, 4.69) is 17.0 Å². The standard InChI is InChI=1S/C16H24N4O2/c1-5-14(21)19-8-6-7-13(19)10-17-15(22)12-9-18-20(11-12)16(2,3)4/h5,9,11,13H,1,6-8,10H2,2-4H3,(H,17,22). The van der Waals surface area contributed by atoms with Crippen LogP contribution in [0.5, 0.6) is 0 Å². The molecular formula is C16H24N4O2. The lowest BCUT2D eigenvalue weighted by Gasteiger charge is -2.23. The molecule has 0 spiro atoms. The third-order valence-corrected chi connectivity index (χ3v) is 3.87. The van der Waals surface area contributed by atoms with E-state index in [1.54, 1.807) is 22.0 Å². The van der Waals surface area contributed by atoms with Crippen LogP contribution in [0.3, 0.4) is 0 Å². The molecule has 2 heterocycles. The van der Waals surface area contributed by atoms with Crippen LogP contribution in [0.1, 0.15) is 44.0 Å². The third-order valence-electron chi connectivity index (χ3n) is 3.87. The van der Waals surface area contributed by atoms with Crippen LogP contribution in [0.15, 0.2) is 25.0 Å². The highest BCUT2D eigenvalue weighted by Crippen LogP contribution is 2.17. The summed E-state index contributed by atoms with van der Waals surface area (Å²) in [5.41, 5.74) is 0.381. The molecule has 1 aliphatic rings. The first kappa shape index (κ1) is 16.3. The lowest BCUT2D eigenvalue weighted by atomic mass is 10.1. The Morgan fingerprint density at radius 3 is 2.82 bits per heavy atom. The Bertz CT molecular complexity index is 571. The molecule has 0 radical (unpaired) electrons. The molecule has 1 N–H and O–H groups in total. The molecule has 6 heteroatoms. The van der Waals surface area contributed by atoms with Gasteiger partial charge in [0.05, 0.1) is 17.3 Å². The summed E-state index contributed by atoms with van der Waals surface area (Å²) >= 11 is 0. The molecule has 0 aromatic carbocycles. The minimum absolute atomic E-state index is 0.0483. The Morgan fingerprint density at radius 1 is 1.50 bits per heavy atom. The fraction of sp³-hybridized carbons (Fsp3) is 0.562. The average Bonchev–Trinajstić information content (AvgIpc) is 3.12. The smallest absolute Gasteiger partial charge is 0.254 e. The number of amides is 2. The van der Waals surface area contributed by atoms with E-state index in [0.717, 1.165) is 19.4 Å². The van der Waals surface area contributed by atoms with Crippen molar-refractivity contribution in [1.29, 1.82) is 0 Å². The second-order valence-corrected chi connectivity index (χ2v) is 6.59. The minimum atomic E-state index is -0.159. The predicted molar refractivity (Wildman–Crippen MR) is 84.5 cm³/mol. The lowest BCUT2D eigenvalue weighted by molar-refractivity contribution is -0.126. The van der Waals surface area contributed by atoms with E-state index in [9.17, 15) is 9.59 Å². The normalized spacial score (nSPS) is 18.3. The zero-order chi connectivity index (χ0) is 16.3. The van der Waals surface area contributed by atoms with E-state index < -0.39 is 0 Å². The monoisotopic (exact) mass is 304 g/mol. The van der Waals surface area contributed by atoms with Gasteiger partial charge in [-0.15, -0.1) is 0 Å². The molecule has 1 fully saturated rings. The van der Waals surface area contributed by atoms with E-state index in [0.29, 0.717) is 12.1 Å². The quantitative estimate of drug-likeness (QED) is 0.858. The molecular weight excluding hydrogens is 280 g/mol. The highest BCUT2D eigenvalue weighted by molar-refractivity contribution is 5.93. The zero-order valence-corrected chi connectivity index (χ0v) is 13.5. The van der Waals surface area contributed by atoms with Gasteiger partial charge in [0.2, 0.25) is 5.91 Å². The van der Waals surface area contributed by atoms with Crippen LogP contribution < -0.4 is 5.32 Å². The van der Waals surface area contributed by atoms with Gasteiger partial charge in [-0.25, -0.2) is 0 Å². The maximum absolute atomic E-state index is 12.2. The van der Waals surface area contributed by atoms with Gasteiger partial charge in [0.25, 0.3) is 5.91 Å². The van der Waals surface area contributed by atoms with Crippen molar-refractivity contribution in [2.45, 2.75) is 45.2 Å². The van der Waals surface area contributed by atoms with Crippen molar-refractivity contribution >= 4 is 11.8 Å². The average molecular weight is 304 g/mol. The van der Waals surface area contributed by atoms with Crippen molar-refractivity contribution in [3.8, 4) is 0 Å². The van der Waals surface area contributed by atoms with Gasteiger partial charge in [0.1, 0.15) is 0 Å². The molecule has 1 unspecified atom stereocenters. The third kappa shape index (κ3) is 3.55. The van der Waals surface area contributed by atoms with Crippen LogP contribution >= 0.6 is 0 Å². The Kier molecular flexibility index (Phi) is 4.68. The number of likely N-dealkylation sites (tertiary alicyclic amines) is 1. The van der Waals surface area contributed by atoms with Crippen LogP contribution in [0.2, 0.25) is 0 Å². The van der Waals surface area contributed by atoms with Crippen LogP contribution in [-0.4, -0.2) is 45.6 Å². The summed E-state index contributed by atoms with van der Waals surface area (Å²) in [5, 5.41) is 7.12. The van der Waals surface area contributed by atoms with Gasteiger partial charge >= 0.3 is 0 Å². The molecule has 1 aromatic rings. The summed E-state index contributed by atoms with van der Waals surface area (Å²) in [6, 6.07) is 0.0483. The number of nitrogens with zero attached hydrogens (tertiary/aromatic N) is 3. The molecule has 0 saturated carbocycles. The molecule has 2 amide bonds. The molecule has 0 bridgehead atoms. The maximum atomic E-state index is 12.2. The van der Waals surface area contributed by atoms with Gasteiger partial charge < -0.3 is 10.2 Å². The molecule has 2 rings (SSSR count). The Hall–Kier alpha value is -2.11. The summed E-state index contributed by atoms with van der Waals surface area (Å²) in [6.07, 6.45) is 6.51. The largest absolute Gasteiger partial charge is 0.350 e. The van der Waals surface area contributed by atoms with Gasteiger partial charge in [-0.3, -0.25) is 14.3 Å². The molecule has 6 nitrogen and oxygen atoms in total. The number of rotatable bonds is 4. The van der Waals surface area contributed by atoms with E-state index in [1.165, 1.54) is 6.08 Å². The molecule has 1 atom stereocenters. The summed E-state index contributed by atoms with van der Waals surface area (Å²) in [7, 11) is 0. The molecule has 1 aliphatic heterocycles. The predicted octanol–water partition coefficient (Wildman–Crippen LogP) is 1.54. The van der Waals surface area contributed by atoms with Crippen LogP contribution in [0.25, 0.3) is 0 Å². The van der Waals surface area contributed by atoms with Crippen molar-refractivity contribution in [2.24, 2.45) is 0 Å². The van der Waals surface area contributed by atoms with Crippen LogP contribution in [0, 0.1) is 0 Å². The Labute approximate surface area is 131 Å². The summed E-state index contributed by atoms with van der Waals surface area (Å²) in [4.78, 5) is 25.7. The van der Waals surface area contributed by atoms with Gasteiger partial charge in [-0.05, 0) is 39.7 Å². The first-order valence-electron chi connectivity index (χ1n) is 7.59. The number of hydrogen-bond donors (Lipinski definition) is 1. The SMILES string of the molecule is C=CC(=O)N1CCCC1CNC(=O)c1cnn(C(C)(C)C)c1. The Balaban J connectivity index is 1.94. The first-order chi connectivity index (χ1) is 10.3. The van der Waals surface area contributed by atoms with Crippen LogP contribution in [0.4, 0.5) is 0 Å². The highest BCUT2D eigenvalue weighted by Gasteiger charge is 2.27. The molecule has 1 aromatic heterocycles. The number of carbonyl (C=O) groups is 2. The van der Waals surface area contributed by atoms with Crippen molar-refractivity contribution in [1.82, 2.24) is 20.0 Å². The van der Waals surface area contributed by atoms with E-state index in [4.69, 9.17) is 0 Å². The Morgan fingerprint density at radius 2 is 2.23 bits per heavy atom. The summed E-state index contributed by atoms with van der Waals surface area (Å²) in [6.45, 7) is 10.8. The van der Waals surface area contributed by atoms with Gasteiger partial charge in [-0.1, -0.05) is 6.58 Å². The number of carbonyl (C=O) groups excluding carboxylic acids is 2.